The molecule has 0 aromatic carbocycles. The average molecular weight is 276 g/mol. The highest BCUT2D eigenvalue weighted by atomic mass is 16.1. The number of hydrogen-bond acceptors (Lipinski definition) is 4. The number of piperidine rings is 1. The van der Waals surface area contributed by atoms with E-state index in [0.29, 0.717) is 19.5 Å². The number of hydrogen-bond donors (Lipinski definition) is 2. The largest absolute Gasteiger partial charge is 0.357 e. The van der Waals surface area contributed by atoms with Gasteiger partial charge in [0.15, 0.2) is 0 Å². The molecule has 1 aliphatic heterocycles. The molecule has 3 N–H and O–H groups in total. The van der Waals surface area contributed by atoms with E-state index in [4.69, 9.17) is 5.73 Å². The van der Waals surface area contributed by atoms with Gasteiger partial charge in [-0.25, -0.2) is 4.98 Å². The van der Waals surface area contributed by atoms with Crippen molar-refractivity contribution in [2.24, 2.45) is 11.7 Å². The fourth-order valence-corrected chi connectivity index (χ4v) is 2.37. The molecule has 0 atom stereocenters. The van der Waals surface area contributed by atoms with Gasteiger partial charge in [0.1, 0.15) is 5.82 Å². The van der Waals surface area contributed by atoms with Crippen molar-refractivity contribution in [2.75, 3.05) is 24.5 Å². The third-order valence-corrected chi connectivity index (χ3v) is 3.78. The van der Waals surface area contributed by atoms with Crippen LogP contribution < -0.4 is 16.0 Å². The molecule has 1 aromatic rings. The second-order valence-corrected chi connectivity index (χ2v) is 5.51. The summed E-state index contributed by atoms with van der Waals surface area (Å²) in [6, 6.07) is 4.07. The summed E-state index contributed by atoms with van der Waals surface area (Å²) >= 11 is 0. The molecule has 1 amide bonds. The maximum atomic E-state index is 11.3. The van der Waals surface area contributed by atoms with Crippen LogP contribution in [0.15, 0.2) is 18.3 Å². The molecule has 20 heavy (non-hydrogen) atoms. The van der Waals surface area contributed by atoms with Crippen molar-refractivity contribution in [3.63, 3.8) is 0 Å². The van der Waals surface area contributed by atoms with Gasteiger partial charge in [-0.1, -0.05) is 13.0 Å². The van der Waals surface area contributed by atoms with E-state index in [9.17, 15) is 4.79 Å². The maximum absolute atomic E-state index is 11.3. The van der Waals surface area contributed by atoms with Crippen molar-refractivity contribution in [2.45, 2.75) is 32.7 Å². The van der Waals surface area contributed by atoms with Crippen molar-refractivity contribution in [3.05, 3.63) is 23.9 Å². The third-order valence-electron chi connectivity index (χ3n) is 3.78. The first kappa shape index (κ1) is 14.8. The molecule has 2 rings (SSSR count). The highest BCUT2D eigenvalue weighted by Gasteiger charge is 2.16. The molecule has 2 heterocycles. The molecule has 1 aromatic heterocycles. The van der Waals surface area contributed by atoms with Gasteiger partial charge in [0.05, 0.1) is 0 Å². The minimum atomic E-state index is -0.0124. The average Bonchev–Trinajstić information content (AvgIpc) is 2.47. The molecule has 0 aliphatic carbocycles. The van der Waals surface area contributed by atoms with E-state index < -0.39 is 0 Å². The van der Waals surface area contributed by atoms with Gasteiger partial charge in [0, 0.05) is 38.8 Å². The molecule has 0 spiro atoms. The van der Waals surface area contributed by atoms with Crippen LogP contribution in [0.1, 0.15) is 31.7 Å². The zero-order valence-electron chi connectivity index (χ0n) is 12.1. The normalized spacial score (nSPS) is 16.2. The van der Waals surface area contributed by atoms with Gasteiger partial charge in [0.2, 0.25) is 5.91 Å². The smallest absolute Gasteiger partial charge is 0.221 e. The van der Waals surface area contributed by atoms with Gasteiger partial charge in [-0.3, -0.25) is 4.79 Å². The van der Waals surface area contributed by atoms with Crippen LogP contribution in [-0.4, -0.2) is 30.5 Å². The summed E-state index contributed by atoms with van der Waals surface area (Å²) in [4.78, 5) is 18.2. The monoisotopic (exact) mass is 276 g/mol. The van der Waals surface area contributed by atoms with Crippen LogP contribution in [0.5, 0.6) is 0 Å². The lowest BCUT2D eigenvalue weighted by molar-refractivity contribution is -0.121. The number of carbonyl (C=O) groups is 1. The van der Waals surface area contributed by atoms with E-state index in [-0.39, 0.29) is 5.91 Å². The zero-order valence-corrected chi connectivity index (χ0v) is 12.1. The number of aromatic nitrogens is 1. The lowest BCUT2D eigenvalue weighted by Gasteiger charge is -2.31. The highest BCUT2D eigenvalue weighted by molar-refractivity contribution is 5.76. The van der Waals surface area contributed by atoms with Crippen molar-refractivity contribution in [3.8, 4) is 0 Å². The summed E-state index contributed by atoms with van der Waals surface area (Å²) in [7, 11) is 0. The number of pyridine rings is 1. The minimum absolute atomic E-state index is 0.0124. The first-order valence-corrected chi connectivity index (χ1v) is 7.35. The predicted octanol–water partition coefficient (Wildman–Crippen LogP) is 1.28. The fourth-order valence-electron chi connectivity index (χ4n) is 2.37. The van der Waals surface area contributed by atoms with Crippen LogP contribution in [-0.2, 0) is 11.3 Å². The third kappa shape index (κ3) is 4.20. The molecule has 1 saturated heterocycles. The van der Waals surface area contributed by atoms with Crippen LogP contribution in [0.25, 0.3) is 0 Å². The standard InChI is InChI=1S/C15H24N4O/c1-12-5-8-19(9-6-12)14-3-2-13(10-17-14)11-18-15(20)4-7-16/h2-3,10,12H,4-9,11,16H2,1H3,(H,18,20). The van der Waals surface area contributed by atoms with Gasteiger partial charge in [-0.15, -0.1) is 0 Å². The summed E-state index contributed by atoms with van der Waals surface area (Å²) < 4.78 is 0. The number of nitrogens with zero attached hydrogens (tertiary/aromatic N) is 2. The van der Waals surface area contributed by atoms with Gasteiger partial charge < -0.3 is 16.0 Å². The molecule has 0 unspecified atom stereocenters. The summed E-state index contributed by atoms with van der Waals surface area (Å²) in [5.74, 6) is 1.85. The van der Waals surface area contributed by atoms with Crippen LogP contribution in [0, 0.1) is 5.92 Å². The first-order chi connectivity index (χ1) is 9.69. The van der Waals surface area contributed by atoms with Gasteiger partial charge >= 0.3 is 0 Å². The Kier molecular flexibility index (Phi) is 5.35. The van der Waals surface area contributed by atoms with Crippen LogP contribution in [0.3, 0.4) is 0 Å². The number of amides is 1. The zero-order chi connectivity index (χ0) is 14.4. The Morgan fingerprint density at radius 1 is 1.45 bits per heavy atom. The summed E-state index contributed by atoms with van der Waals surface area (Å²) in [6.45, 7) is 5.37. The number of nitrogens with one attached hydrogen (secondary N) is 1. The fraction of sp³-hybridized carbons (Fsp3) is 0.600. The molecular weight excluding hydrogens is 252 g/mol. The van der Waals surface area contributed by atoms with Crippen LogP contribution in [0.2, 0.25) is 0 Å². The van der Waals surface area contributed by atoms with E-state index in [1.807, 2.05) is 18.3 Å². The van der Waals surface area contributed by atoms with Crippen molar-refractivity contribution in [1.29, 1.82) is 0 Å². The Morgan fingerprint density at radius 2 is 2.20 bits per heavy atom. The van der Waals surface area contributed by atoms with Crippen LogP contribution >= 0.6 is 0 Å². The molecule has 0 radical (unpaired) electrons. The Labute approximate surface area is 120 Å². The first-order valence-electron chi connectivity index (χ1n) is 7.35. The summed E-state index contributed by atoms with van der Waals surface area (Å²) in [5, 5.41) is 2.83. The topological polar surface area (TPSA) is 71.2 Å². The van der Waals surface area contributed by atoms with E-state index in [1.165, 1.54) is 12.8 Å². The second-order valence-electron chi connectivity index (χ2n) is 5.51. The second kappa shape index (κ2) is 7.24. The van der Waals surface area contributed by atoms with Gasteiger partial charge in [0.25, 0.3) is 0 Å². The molecular formula is C15H24N4O. The molecule has 110 valence electrons. The van der Waals surface area contributed by atoms with Gasteiger partial charge in [-0.2, -0.15) is 0 Å². The van der Waals surface area contributed by atoms with E-state index in [0.717, 1.165) is 30.4 Å². The molecule has 1 aliphatic rings. The quantitative estimate of drug-likeness (QED) is 0.850. The number of nitrogens with two attached hydrogens (primary N) is 1. The Bertz CT molecular complexity index is 424. The molecule has 5 heteroatoms. The Balaban J connectivity index is 1.85. The van der Waals surface area contributed by atoms with Gasteiger partial charge in [-0.05, 0) is 30.4 Å². The molecule has 0 bridgehead atoms. The molecule has 0 saturated carbocycles. The Hall–Kier alpha value is -1.62. The number of carbonyl (C=O) groups excluding carboxylic acids is 1. The van der Waals surface area contributed by atoms with Crippen LogP contribution in [0.4, 0.5) is 5.82 Å². The van der Waals surface area contributed by atoms with E-state index in [2.05, 4.69) is 22.1 Å². The lowest BCUT2D eigenvalue weighted by atomic mass is 9.99. The molecule has 5 nitrogen and oxygen atoms in total. The van der Waals surface area contributed by atoms with Crippen molar-refractivity contribution in [1.82, 2.24) is 10.3 Å². The molecule has 1 fully saturated rings. The van der Waals surface area contributed by atoms with E-state index >= 15 is 0 Å². The maximum Gasteiger partial charge on any atom is 0.221 e. The van der Waals surface area contributed by atoms with Crippen molar-refractivity contribution < 1.29 is 4.79 Å². The summed E-state index contributed by atoms with van der Waals surface area (Å²) in [5.41, 5.74) is 6.35. The predicted molar refractivity (Wildman–Crippen MR) is 80.4 cm³/mol. The minimum Gasteiger partial charge on any atom is -0.357 e. The number of rotatable bonds is 5. The van der Waals surface area contributed by atoms with Crippen molar-refractivity contribution >= 4 is 11.7 Å². The summed E-state index contributed by atoms with van der Waals surface area (Å²) in [6.07, 6.45) is 4.69. The number of anilines is 1. The van der Waals surface area contributed by atoms with E-state index in [1.54, 1.807) is 0 Å². The Morgan fingerprint density at radius 3 is 2.80 bits per heavy atom. The SMILES string of the molecule is CC1CCN(c2ccc(CNC(=O)CCN)cn2)CC1. The lowest BCUT2D eigenvalue weighted by Crippen LogP contribution is -2.33. The highest BCUT2D eigenvalue weighted by Crippen LogP contribution is 2.21.